The van der Waals surface area contributed by atoms with Crippen LogP contribution >= 0.6 is 11.8 Å². The molecule has 0 radical (unpaired) electrons. The van der Waals surface area contributed by atoms with Crippen molar-refractivity contribution in [3.63, 3.8) is 0 Å². The first-order valence-corrected chi connectivity index (χ1v) is 15.4. The molecule has 2 aliphatic rings. The lowest BCUT2D eigenvalue weighted by Crippen LogP contribution is -2.40. The molecule has 11 heteroatoms. The van der Waals surface area contributed by atoms with Gasteiger partial charge in [0.1, 0.15) is 17.3 Å². The maximum Gasteiger partial charge on any atom is 0.211 e. The monoisotopic (exact) mass is 554 g/mol. The summed E-state index contributed by atoms with van der Waals surface area (Å²) in [6.45, 7) is 1.04. The van der Waals surface area contributed by atoms with E-state index in [4.69, 9.17) is 4.98 Å². The fourth-order valence-electron chi connectivity index (χ4n) is 5.34. The number of anilines is 1. The molecule has 38 heavy (non-hydrogen) atoms. The molecule has 1 unspecified atom stereocenters. The third-order valence-electron chi connectivity index (χ3n) is 7.37. The largest absolute Gasteiger partial charge is 0.345 e. The molecule has 0 aliphatic carbocycles. The van der Waals surface area contributed by atoms with Crippen LogP contribution in [0.4, 0.5) is 10.2 Å². The minimum absolute atomic E-state index is 0.0579. The number of aryl methyl sites for hydroxylation is 1. The van der Waals surface area contributed by atoms with E-state index >= 15 is 0 Å². The molecular weight excluding hydrogens is 523 g/mol. The molecule has 3 aromatic rings. The molecule has 1 saturated heterocycles. The highest BCUT2D eigenvalue weighted by Crippen LogP contribution is 2.40. The average molecular weight is 555 g/mol. The number of halogens is 1. The van der Waals surface area contributed by atoms with Crippen LogP contribution in [0, 0.1) is 17.1 Å². The van der Waals surface area contributed by atoms with Gasteiger partial charge in [0.25, 0.3) is 0 Å². The van der Waals surface area contributed by atoms with E-state index in [1.165, 1.54) is 18.4 Å². The van der Waals surface area contributed by atoms with E-state index < -0.39 is 10.0 Å². The van der Waals surface area contributed by atoms with Crippen molar-refractivity contribution < 1.29 is 12.8 Å². The minimum Gasteiger partial charge on any atom is -0.345 e. The smallest absolute Gasteiger partial charge is 0.211 e. The summed E-state index contributed by atoms with van der Waals surface area (Å²) < 4.78 is 41.0. The molecule has 0 bridgehead atoms. The summed E-state index contributed by atoms with van der Waals surface area (Å²) in [4.78, 5) is 9.23. The summed E-state index contributed by atoms with van der Waals surface area (Å²) in [5, 5.41) is 11.4. The van der Waals surface area contributed by atoms with Crippen molar-refractivity contribution >= 4 is 38.9 Å². The van der Waals surface area contributed by atoms with Crippen LogP contribution in [0.15, 0.2) is 48.0 Å². The molecule has 2 aliphatic heterocycles. The number of sulfonamides is 1. The van der Waals surface area contributed by atoms with Crippen molar-refractivity contribution in [3.05, 3.63) is 70.6 Å². The van der Waals surface area contributed by atoms with Crippen LogP contribution < -0.4 is 4.90 Å². The Balaban J connectivity index is 1.45. The number of benzene rings is 1. The molecule has 1 atom stereocenters. The Labute approximate surface area is 227 Å². The van der Waals surface area contributed by atoms with Gasteiger partial charge in [-0.15, -0.1) is 0 Å². The fourth-order valence-corrected chi connectivity index (χ4v) is 7.35. The number of nitrogens with zero attached hydrogens (tertiary/aromatic N) is 6. The first kappa shape index (κ1) is 26.5. The summed E-state index contributed by atoms with van der Waals surface area (Å²) in [7, 11) is 0.881. The molecule has 0 N–H and O–H groups in total. The number of imidazole rings is 1. The zero-order valence-corrected chi connectivity index (χ0v) is 23.3. The van der Waals surface area contributed by atoms with Crippen LogP contribution in [0.2, 0.25) is 0 Å². The molecule has 0 saturated carbocycles. The molecule has 5 rings (SSSR count). The number of hydrogen-bond acceptors (Lipinski definition) is 7. The zero-order chi connectivity index (χ0) is 27.0. The Hall–Kier alpha value is -3.07. The van der Waals surface area contributed by atoms with E-state index in [2.05, 4.69) is 37.9 Å². The maximum absolute atomic E-state index is 13.5. The van der Waals surface area contributed by atoms with E-state index in [0.717, 1.165) is 46.8 Å². The topological polar surface area (TPSA) is 84.9 Å². The van der Waals surface area contributed by atoms with Gasteiger partial charge in [0.2, 0.25) is 10.0 Å². The summed E-state index contributed by atoms with van der Waals surface area (Å²) >= 11 is 1.67. The number of pyridine rings is 1. The van der Waals surface area contributed by atoms with E-state index in [-0.39, 0.29) is 17.2 Å². The van der Waals surface area contributed by atoms with Crippen molar-refractivity contribution in [2.75, 3.05) is 38.3 Å². The second-order valence-corrected chi connectivity index (χ2v) is 12.8. The van der Waals surface area contributed by atoms with Gasteiger partial charge in [-0.1, -0.05) is 17.8 Å². The number of hydrogen-bond donors (Lipinski definition) is 0. The van der Waals surface area contributed by atoms with Crippen LogP contribution in [0.25, 0.3) is 11.3 Å². The van der Waals surface area contributed by atoms with Gasteiger partial charge in [0, 0.05) is 46.2 Å². The van der Waals surface area contributed by atoms with Crippen molar-refractivity contribution in [3.8, 4) is 6.07 Å². The van der Waals surface area contributed by atoms with Crippen LogP contribution in [0.5, 0.6) is 0 Å². The lowest BCUT2D eigenvalue weighted by molar-refractivity contribution is 0.321. The molecule has 0 amide bonds. The van der Waals surface area contributed by atoms with E-state index in [9.17, 15) is 18.1 Å². The Morgan fingerprint density at radius 1 is 1.18 bits per heavy atom. The third kappa shape index (κ3) is 5.13. The molecule has 2 aromatic heterocycles. The number of piperidine rings is 1. The molecular formula is C27H31FN6O2S2. The van der Waals surface area contributed by atoms with Crippen molar-refractivity contribution in [2.24, 2.45) is 0 Å². The highest BCUT2D eigenvalue weighted by atomic mass is 32.2. The van der Waals surface area contributed by atoms with Gasteiger partial charge < -0.3 is 9.80 Å². The number of thioether (sulfide) groups is 1. The van der Waals surface area contributed by atoms with Crippen LogP contribution in [-0.2, 0) is 16.4 Å². The summed E-state index contributed by atoms with van der Waals surface area (Å²) in [5.74, 6) is 0.932. The SMILES string of the molecule is CN1C(c2ccc(F)cc2)=CSC1N(C)c1c(CCC#N)nc2ccc(C3CCN(S(C)(=O)=O)CC3)cn12. The Morgan fingerprint density at radius 2 is 1.89 bits per heavy atom. The van der Waals surface area contributed by atoms with Crippen LogP contribution in [0.1, 0.15) is 42.0 Å². The molecule has 1 fully saturated rings. The maximum atomic E-state index is 13.5. The average Bonchev–Trinajstić information content (AvgIpc) is 3.47. The standard InChI is InChI=1S/C27H31FN6O2S2/c1-31-24(20-6-9-22(28)10-7-20)18-37-27(31)32(2)26-23(5-4-14-29)30-25-11-8-21(17-34(25)26)19-12-15-33(16-13-19)38(3,35)36/h6-11,17-19,27H,4-5,12-13,15-16H2,1-3H3. The summed E-state index contributed by atoms with van der Waals surface area (Å²) in [6.07, 6.45) is 5.84. The lowest BCUT2D eigenvalue weighted by Gasteiger charge is -2.34. The highest BCUT2D eigenvalue weighted by molar-refractivity contribution is 8.03. The predicted molar refractivity (Wildman–Crippen MR) is 149 cm³/mol. The van der Waals surface area contributed by atoms with Gasteiger partial charge in [-0.05, 0) is 65.6 Å². The Morgan fingerprint density at radius 3 is 2.55 bits per heavy atom. The second kappa shape index (κ2) is 10.6. The third-order valence-corrected chi connectivity index (χ3v) is 9.91. The zero-order valence-electron chi connectivity index (χ0n) is 21.7. The van der Waals surface area contributed by atoms with E-state index in [1.54, 1.807) is 28.2 Å². The Bertz CT molecular complexity index is 1500. The van der Waals surface area contributed by atoms with Gasteiger partial charge in [0.05, 0.1) is 23.7 Å². The first-order valence-electron chi connectivity index (χ1n) is 12.6. The summed E-state index contributed by atoms with van der Waals surface area (Å²) in [6, 6.07) is 12.9. The fraction of sp³-hybridized carbons (Fsp3) is 0.407. The van der Waals surface area contributed by atoms with E-state index in [1.807, 2.05) is 20.2 Å². The van der Waals surface area contributed by atoms with Gasteiger partial charge >= 0.3 is 0 Å². The number of aromatic nitrogens is 2. The molecule has 0 spiro atoms. The van der Waals surface area contributed by atoms with Crippen molar-refractivity contribution in [2.45, 2.75) is 37.1 Å². The van der Waals surface area contributed by atoms with Crippen LogP contribution in [-0.4, -0.2) is 65.9 Å². The van der Waals surface area contributed by atoms with Gasteiger partial charge in [-0.25, -0.2) is 22.1 Å². The molecule has 4 heterocycles. The van der Waals surface area contributed by atoms with Crippen molar-refractivity contribution in [1.29, 1.82) is 5.26 Å². The highest BCUT2D eigenvalue weighted by Gasteiger charge is 2.32. The normalized spacial score (nSPS) is 19.1. The number of nitriles is 1. The van der Waals surface area contributed by atoms with Crippen molar-refractivity contribution in [1.82, 2.24) is 18.6 Å². The second-order valence-electron chi connectivity index (χ2n) is 9.86. The molecule has 1 aromatic carbocycles. The molecule has 200 valence electrons. The van der Waals surface area contributed by atoms with Gasteiger partial charge in [-0.2, -0.15) is 5.26 Å². The van der Waals surface area contributed by atoms with Gasteiger partial charge in [0.15, 0.2) is 5.50 Å². The quantitative estimate of drug-likeness (QED) is 0.426. The first-order chi connectivity index (χ1) is 18.2. The predicted octanol–water partition coefficient (Wildman–Crippen LogP) is 4.47. The minimum atomic E-state index is -3.18. The van der Waals surface area contributed by atoms with Gasteiger partial charge in [-0.3, -0.25) is 4.40 Å². The van der Waals surface area contributed by atoms with Crippen LogP contribution in [0.3, 0.4) is 0 Å². The summed E-state index contributed by atoms with van der Waals surface area (Å²) in [5.41, 5.74) is 4.73. The molecule has 8 nitrogen and oxygen atoms in total. The number of rotatable bonds is 7. The van der Waals surface area contributed by atoms with E-state index in [0.29, 0.717) is 25.9 Å². The lowest BCUT2D eigenvalue weighted by atomic mass is 9.91. The number of fused-ring (bicyclic) bond motifs is 1. The Kier molecular flexibility index (Phi) is 7.40.